The molecule has 3 atom stereocenters. The van der Waals surface area contributed by atoms with E-state index in [1.54, 1.807) is 6.07 Å². The molecule has 0 radical (unpaired) electrons. The summed E-state index contributed by atoms with van der Waals surface area (Å²) in [6, 6.07) is 7.55. The van der Waals surface area contributed by atoms with Crippen LogP contribution in [0, 0.1) is 11.7 Å². The van der Waals surface area contributed by atoms with Crippen molar-refractivity contribution in [2.45, 2.75) is 58.7 Å². The molecule has 3 unspecified atom stereocenters. The number of rotatable bonds is 5. The van der Waals surface area contributed by atoms with Crippen LogP contribution >= 0.6 is 0 Å². The number of hydrogen-bond donors (Lipinski definition) is 1. The smallest absolute Gasteiger partial charge is 0.123 e. The summed E-state index contributed by atoms with van der Waals surface area (Å²) in [4.78, 5) is 2.54. The first kappa shape index (κ1) is 16.4. The molecule has 1 aliphatic heterocycles. The fourth-order valence-corrected chi connectivity index (χ4v) is 3.21. The van der Waals surface area contributed by atoms with E-state index in [0.29, 0.717) is 12.0 Å². The first-order valence-corrected chi connectivity index (χ1v) is 8.21. The van der Waals surface area contributed by atoms with E-state index in [1.807, 2.05) is 12.1 Å². The highest BCUT2D eigenvalue weighted by atomic mass is 19.1. The third-order valence-corrected chi connectivity index (χ3v) is 5.11. The molecule has 1 saturated heterocycles. The molecule has 1 N–H and O–H groups in total. The van der Waals surface area contributed by atoms with Crippen LogP contribution in [0.2, 0.25) is 0 Å². The van der Waals surface area contributed by atoms with Gasteiger partial charge in [-0.3, -0.25) is 4.90 Å². The van der Waals surface area contributed by atoms with Crippen LogP contribution in [-0.2, 0) is 6.54 Å². The predicted molar refractivity (Wildman–Crippen MR) is 86.8 cm³/mol. The quantitative estimate of drug-likeness (QED) is 0.887. The van der Waals surface area contributed by atoms with Crippen molar-refractivity contribution < 1.29 is 4.39 Å². The van der Waals surface area contributed by atoms with E-state index >= 15 is 0 Å². The van der Waals surface area contributed by atoms with E-state index in [1.165, 1.54) is 12.5 Å². The Labute approximate surface area is 128 Å². The molecule has 1 aromatic carbocycles. The minimum Gasteiger partial charge on any atom is -0.309 e. The van der Waals surface area contributed by atoms with Crippen molar-refractivity contribution in [3.05, 3.63) is 35.6 Å². The molecule has 2 rings (SSSR count). The topological polar surface area (TPSA) is 15.3 Å². The van der Waals surface area contributed by atoms with Crippen molar-refractivity contribution in [3.8, 4) is 0 Å². The highest BCUT2D eigenvalue weighted by Gasteiger charge is 2.36. The summed E-state index contributed by atoms with van der Waals surface area (Å²) in [6.07, 6.45) is 2.29. The third-order valence-electron chi connectivity index (χ3n) is 5.11. The van der Waals surface area contributed by atoms with Crippen LogP contribution in [0.5, 0.6) is 0 Å². The van der Waals surface area contributed by atoms with E-state index in [2.05, 4.69) is 37.9 Å². The molecule has 1 aromatic rings. The van der Waals surface area contributed by atoms with Crippen LogP contribution in [0.1, 0.15) is 46.1 Å². The van der Waals surface area contributed by atoms with Gasteiger partial charge in [0.15, 0.2) is 0 Å². The van der Waals surface area contributed by atoms with Crippen LogP contribution in [0.25, 0.3) is 0 Å². The molecule has 0 amide bonds. The SMILES string of the molecule is CCC(C)C1CNC(C)(CC)CN1Cc1cccc(F)c1. The summed E-state index contributed by atoms with van der Waals surface area (Å²) >= 11 is 0. The number of benzene rings is 1. The second-order valence-electron chi connectivity index (χ2n) is 6.78. The molecule has 0 spiro atoms. The largest absolute Gasteiger partial charge is 0.309 e. The molecule has 1 aliphatic rings. The number of hydrogen-bond acceptors (Lipinski definition) is 2. The molecule has 0 aliphatic carbocycles. The molecule has 2 nitrogen and oxygen atoms in total. The fraction of sp³-hybridized carbons (Fsp3) is 0.667. The highest BCUT2D eigenvalue weighted by molar-refractivity contribution is 5.17. The van der Waals surface area contributed by atoms with Gasteiger partial charge in [0.05, 0.1) is 0 Å². The molecular formula is C18H29FN2. The van der Waals surface area contributed by atoms with Gasteiger partial charge in [0, 0.05) is 31.2 Å². The Hall–Kier alpha value is -0.930. The minimum atomic E-state index is -0.138. The summed E-state index contributed by atoms with van der Waals surface area (Å²) in [5.41, 5.74) is 1.24. The van der Waals surface area contributed by atoms with Gasteiger partial charge in [-0.15, -0.1) is 0 Å². The lowest BCUT2D eigenvalue weighted by molar-refractivity contribution is 0.0486. The minimum absolute atomic E-state index is 0.138. The van der Waals surface area contributed by atoms with Gasteiger partial charge in [-0.1, -0.05) is 39.3 Å². The van der Waals surface area contributed by atoms with E-state index in [9.17, 15) is 4.39 Å². The Kier molecular flexibility index (Phi) is 5.39. The maximum Gasteiger partial charge on any atom is 0.123 e. The molecule has 21 heavy (non-hydrogen) atoms. The van der Waals surface area contributed by atoms with Crippen molar-refractivity contribution in [1.82, 2.24) is 10.2 Å². The van der Waals surface area contributed by atoms with Crippen LogP contribution < -0.4 is 5.32 Å². The predicted octanol–water partition coefficient (Wildman–Crippen LogP) is 3.81. The molecule has 1 heterocycles. The number of piperazine rings is 1. The van der Waals surface area contributed by atoms with Crippen molar-refractivity contribution in [1.29, 1.82) is 0 Å². The first-order chi connectivity index (χ1) is 9.97. The zero-order chi connectivity index (χ0) is 15.5. The Balaban J connectivity index is 2.16. The molecule has 1 fully saturated rings. The van der Waals surface area contributed by atoms with Gasteiger partial charge < -0.3 is 5.32 Å². The monoisotopic (exact) mass is 292 g/mol. The van der Waals surface area contributed by atoms with Gasteiger partial charge in [-0.2, -0.15) is 0 Å². The highest BCUT2D eigenvalue weighted by Crippen LogP contribution is 2.26. The molecule has 118 valence electrons. The van der Waals surface area contributed by atoms with Gasteiger partial charge in [0.1, 0.15) is 5.82 Å². The molecule has 3 heteroatoms. The lowest BCUT2D eigenvalue weighted by Crippen LogP contribution is -2.63. The van der Waals surface area contributed by atoms with Crippen molar-refractivity contribution in [2.24, 2.45) is 5.92 Å². The zero-order valence-electron chi connectivity index (χ0n) is 13.8. The Morgan fingerprint density at radius 3 is 2.81 bits per heavy atom. The van der Waals surface area contributed by atoms with Crippen molar-refractivity contribution in [2.75, 3.05) is 13.1 Å². The standard InChI is InChI=1S/C18H29FN2/c1-5-14(3)17-11-20-18(4,6-2)13-21(17)12-15-8-7-9-16(19)10-15/h7-10,14,17,20H,5-6,11-13H2,1-4H3. The van der Waals surface area contributed by atoms with E-state index in [4.69, 9.17) is 0 Å². The van der Waals surface area contributed by atoms with Crippen LogP contribution in [-0.4, -0.2) is 29.6 Å². The van der Waals surface area contributed by atoms with E-state index in [0.717, 1.165) is 31.6 Å². The van der Waals surface area contributed by atoms with E-state index < -0.39 is 0 Å². The molecule has 0 aromatic heterocycles. The Morgan fingerprint density at radius 2 is 2.19 bits per heavy atom. The third kappa shape index (κ3) is 4.04. The Bertz CT molecular complexity index is 462. The molecule has 0 bridgehead atoms. The summed E-state index contributed by atoms with van der Waals surface area (Å²) in [5.74, 6) is 0.508. The summed E-state index contributed by atoms with van der Waals surface area (Å²) < 4.78 is 13.4. The van der Waals surface area contributed by atoms with Crippen molar-refractivity contribution >= 4 is 0 Å². The number of nitrogens with one attached hydrogen (secondary N) is 1. The fourth-order valence-electron chi connectivity index (χ4n) is 3.21. The lowest BCUT2D eigenvalue weighted by atomic mass is 9.88. The van der Waals surface area contributed by atoms with Crippen LogP contribution in [0.15, 0.2) is 24.3 Å². The average Bonchev–Trinajstić information content (AvgIpc) is 2.47. The maximum atomic E-state index is 13.4. The summed E-state index contributed by atoms with van der Waals surface area (Å²) in [7, 11) is 0. The second-order valence-corrected chi connectivity index (χ2v) is 6.78. The van der Waals surface area contributed by atoms with Gasteiger partial charge in [0.2, 0.25) is 0 Å². The van der Waals surface area contributed by atoms with Crippen molar-refractivity contribution in [3.63, 3.8) is 0 Å². The van der Waals surface area contributed by atoms with Gasteiger partial charge in [-0.05, 0) is 37.0 Å². The summed E-state index contributed by atoms with van der Waals surface area (Å²) in [5, 5.41) is 3.72. The number of halogens is 1. The van der Waals surface area contributed by atoms with Crippen LogP contribution in [0.3, 0.4) is 0 Å². The Morgan fingerprint density at radius 1 is 1.43 bits per heavy atom. The van der Waals surface area contributed by atoms with Gasteiger partial charge in [-0.25, -0.2) is 4.39 Å². The first-order valence-electron chi connectivity index (χ1n) is 8.21. The second kappa shape index (κ2) is 6.89. The zero-order valence-corrected chi connectivity index (χ0v) is 13.8. The lowest BCUT2D eigenvalue weighted by Gasteiger charge is -2.48. The summed E-state index contributed by atoms with van der Waals surface area (Å²) in [6.45, 7) is 12.0. The average molecular weight is 292 g/mol. The molecule has 0 saturated carbocycles. The van der Waals surface area contributed by atoms with Gasteiger partial charge >= 0.3 is 0 Å². The van der Waals surface area contributed by atoms with Crippen LogP contribution in [0.4, 0.5) is 4.39 Å². The van der Waals surface area contributed by atoms with E-state index in [-0.39, 0.29) is 11.4 Å². The van der Waals surface area contributed by atoms with Gasteiger partial charge in [0.25, 0.3) is 0 Å². The molecular weight excluding hydrogens is 263 g/mol. The maximum absolute atomic E-state index is 13.4. The normalized spacial score (nSPS) is 28.5. The number of nitrogens with zero attached hydrogens (tertiary/aromatic N) is 1.